The van der Waals surface area contributed by atoms with Crippen LogP contribution in [0.15, 0.2) is 24.3 Å². The molecule has 1 saturated carbocycles. The van der Waals surface area contributed by atoms with Gasteiger partial charge in [-0.05, 0) is 56.9 Å². The van der Waals surface area contributed by atoms with E-state index in [-0.39, 0.29) is 23.9 Å². The summed E-state index contributed by atoms with van der Waals surface area (Å²) in [6, 6.07) is 5.72. The molecule has 0 bridgehead atoms. The van der Waals surface area contributed by atoms with Crippen LogP contribution in [0.1, 0.15) is 37.0 Å². The summed E-state index contributed by atoms with van der Waals surface area (Å²) < 4.78 is 24.6. The molecule has 1 aromatic rings. The standard InChI is InChI=1S/C22H33FN2O4/c1-16(2)29-15-20(26)12-24-9-10-28-21(13-24)14-25(11-17-3-4-17)22(27)18-5-7-19(23)8-6-18/h5-8,16-17,20-21,26H,3-4,9-15H2,1-2H3/t20-,21-/m1/s1. The number of aliphatic hydroxyl groups excluding tert-OH is 1. The van der Waals surface area contributed by atoms with Gasteiger partial charge in [0.1, 0.15) is 5.82 Å². The van der Waals surface area contributed by atoms with Crippen LogP contribution in [0.5, 0.6) is 0 Å². The molecule has 0 spiro atoms. The highest BCUT2D eigenvalue weighted by molar-refractivity contribution is 5.94. The first kappa shape index (κ1) is 22.2. The van der Waals surface area contributed by atoms with Gasteiger partial charge < -0.3 is 19.5 Å². The Morgan fingerprint density at radius 2 is 2.03 bits per heavy atom. The van der Waals surface area contributed by atoms with Gasteiger partial charge >= 0.3 is 0 Å². The maximum Gasteiger partial charge on any atom is 0.253 e. The Kier molecular flexibility index (Phi) is 8.00. The molecule has 1 heterocycles. The molecule has 1 saturated heterocycles. The molecule has 7 heteroatoms. The number of hydrogen-bond donors (Lipinski definition) is 1. The van der Waals surface area contributed by atoms with Gasteiger partial charge in [-0.15, -0.1) is 0 Å². The maximum atomic E-state index is 13.2. The second-order valence-electron chi connectivity index (χ2n) is 8.45. The fourth-order valence-corrected chi connectivity index (χ4v) is 3.58. The minimum absolute atomic E-state index is 0.0806. The van der Waals surface area contributed by atoms with Crippen molar-refractivity contribution in [1.29, 1.82) is 0 Å². The van der Waals surface area contributed by atoms with E-state index < -0.39 is 6.10 Å². The lowest BCUT2D eigenvalue weighted by Gasteiger charge is -2.36. The predicted octanol–water partition coefficient (Wildman–Crippen LogP) is 2.16. The van der Waals surface area contributed by atoms with E-state index in [2.05, 4.69) is 4.90 Å². The van der Waals surface area contributed by atoms with Gasteiger partial charge in [-0.1, -0.05) is 0 Å². The molecular weight excluding hydrogens is 375 g/mol. The van der Waals surface area contributed by atoms with Crippen molar-refractivity contribution in [1.82, 2.24) is 9.80 Å². The molecule has 1 aliphatic carbocycles. The van der Waals surface area contributed by atoms with Gasteiger partial charge in [-0.25, -0.2) is 4.39 Å². The summed E-state index contributed by atoms with van der Waals surface area (Å²) in [4.78, 5) is 17.0. The van der Waals surface area contributed by atoms with Crippen LogP contribution in [-0.2, 0) is 9.47 Å². The van der Waals surface area contributed by atoms with E-state index in [1.165, 1.54) is 24.3 Å². The van der Waals surface area contributed by atoms with E-state index in [0.717, 1.165) is 19.4 Å². The summed E-state index contributed by atoms with van der Waals surface area (Å²) >= 11 is 0. The Balaban J connectivity index is 1.55. The number of β-amino-alcohol motifs (C(OH)–C–C–N with tert-alkyl or cyclic N) is 1. The van der Waals surface area contributed by atoms with Gasteiger partial charge in [0, 0.05) is 38.3 Å². The molecule has 29 heavy (non-hydrogen) atoms. The molecule has 0 unspecified atom stereocenters. The van der Waals surface area contributed by atoms with Crippen LogP contribution in [0, 0.1) is 11.7 Å². The van der Waals surface area contributed by atoms with Gasteiger partial charge in [0.15, 0.2) is 0 Å². The molecule has 3 rings (SSSR count). The second-order valence-corrected chi connectivity index (χ2v) is 8.45. The number of hydrogen-bond acceptors (Lipinski definition) is 5. The lowest BCUT2D eigenvalue weighted by Crippen LogP contribution is -2.51. The minimum atomic E-state index is -0.542. The molecule has 1 aromatic carbocycles. The molecule has 2 atom stereocenters. The molecular formula is C22H33FN2O4. The second kappa shape index (κ2) is 10.5. The first-order valence-corrected chi connectivity index (χ1v) is 10.6. The number of halogens is 1. The van der Waals surface area contributed by atoms with Crippen molar-refractivity contribution in [3.05, 3.63) is 35.6 Å². The van der Waals surface area contributed by atoms with Crippen LogP contribution in [-0.4, -0.2) is 85.1 Å². The van der Waals surface area contributed by atoms with E-state index in [4.69, 9.17) is 9.47 Å². The summed E-state index contributed by atoms with van der Waals surface area (Å²) in [6.45, 7) is 7.94. The molecule has 2 fully saturated rings. The van der Waals surface area contributed by atoms with Crippen molar-refractivity contribution in [3.63, 3.8) is 0 Å². The number of rotatable bonds is 10. The van der Waals surface area contributed by atoms with Crippen LogP contribution in [0.3, 0.4) is 0 Å². The number of nitrogens with zero attached hydrogens (tertiary/aromatic N) is 2. The molecule has 162 valence electrons. The highest BCUT2D eigenvalue weighted by atomic mass is 19.1. The Bertz CT molecular complexity index is 651. The largest absolute Gasteiger partial charge is 0.389 e. The van der Waals surface area contributed by atoms with Crippen LogP contribution in [0.25, 0.3) is 0 Å². The highest BCUT2D eigenvalue weighted by Gasteiger charge is 2.31. The summed E-state index contributed by atoms with van der Waals surface area (Å²) in [7, 11) is 0. The third kappa shape index (κ3) is 7.33. The van der Waals surface area contributed by atoms with Crippen molar-refractivity contribution >= 4 is 5.91 Å². The monoisotopic (exact) mass is 408 g/mol. The van der Waals surface area contributed by atoms with Gasteiger partial charge in [0.25, 0.3) is 5.91 Å². The molecule has 0 radical (unpaired) electrons. The first-order chi connectivity index (χ1) is 13.9. The minimum Gasteiger partial charge on any atom is -0.389 e. The van der Waals surface area contributed by atoms with Crippen molar-refractivity contribution in [2.24, 2.45) is 5.92 Å². The Morgan fingerprint density at radius 1 is 1.31 bits per heavy atom. The SMILES string of the molecule is CC(C)OC[C@H](O)CN1CCO[C@@H](CN(CC2CC2)C(=O)c2ccc(F)cc2)C1. The van der Waals surface area contributed by atoms with Crippen molar-refractivity contribution < 1.29 is 23.8 Å². The van der Waals surface area contributed by atoms with E-state index in [9.17, 15) is 14.3 Å². The Morgan fingerprint density at radius 3 is 2.69 bits per heavy atom. The number of morpholine rings is 1. The maximum absolute atomic E-state index is 13.2. The third-order valence-electron chi connectivity index (χ3n) is 5.29. The average Bonchev–Trinajstić information content (AvgIpc) is 3.50. The zero-order chi connectivity index (χ0) is 20.8. The first-order valence-electron chi connectivity index (χ1n) is 10.6. The average molecular weight is 409 g/mol. The topological polar surface area (TPSA) is 62.2 Å². The number of ether oxygens (including phenoxy) is 2. The number of aliphatic hydroxyl groups is 1. The predicted molar refractivity (Wildman–Crippen MR) is 108 cm³/mol. The smallest absolute Gasteiger partial charge is 0.253 e. The van der Waals surface area contributed by atoms with E-state index in [0.29, 0.717) is 50.9 Å². The Hall–Kier alpha value is -1.54. The molecule has 1 amide bonds. The Labute approximate surface area is 172 Å². The summed E-state index contributed by atoms with van der Waals surface area (Å²) in [6.07, 6.45) is 1.74. The van der Waals surface area contributed by atoms with Gasteiger partial charge in [0.05, 0.1) is 31.5 Å². The molecule has 2 aliphatic rings. The lowest BCUT2D eigenvalue weighted by molar-refractivity contribution is -0.0628. The van der Waals surface area contributed by atoms with Crippen molar-refractivity contribution in [2.45, 2.75) is 45.0 Å². The van der Waals surface area contributed by atoms with Crippen LogP contribution in [0.2, 0.25) is 0 Å². The zero-order valence-corrected chi connectivity index (χ0v) is 17.4. The number of carbonyl (C=O) groups excluding carboxylic acids is 1. The quantitative estimate of drug-likeness (QED) is 0.643. The van der Waals surface area contributed by atoms with E-state index in [1.807, 2.05) is 18.7 Å². The molecule has 1 N–H and O–H groups in total. The van der Waals surface area contributed by atoms with Gasteiger partial charge in [-0.3, -0.25) is 9.69 Å². The third-order valence-corrected chi connectivity index (χ3v) is 5.29. The number of benzene rings is 1. The number of amides is 1. The fourth-order valence-electron chi connectivity index (χ4n) is 3.58. The summed E-state index contributed by atoms with van der Waals surface area (Å²) in [5.41, 5.74) is 0.501. The van der Waals surface area contributed by atoms with E-state index >= 15 is 0 Å². The number of carbonyl (C=O) groups is 1. The lowest BCUT2D eigenvalue weighted by atomic mass is 10.1. The molecule has 1 aliphatic heterocycles. The van der Waals surface area contributed by atoms with Crippen LogP contribution < -0.4 is 0 Å². The molecule has 0 aromatic heterocycles. The highest BCUT2D eigenvalue weighted by Crippen LogP contribution is 2.30. The van der Waals surface area contributed by atoms with Crippen LogP contribution >= 0.6 is 0 Å². The van der Waals surface area contributed by atoms with Gasteiger partial charge in [-0.2, -0.15) is 0 Å². The molecule has 6 nitrogen and oxygen atoms in total. The van der Waals surface area contributed by atoms with Crippen molar-refractivity contribution in [3.8, 4) is 0 Å². The van der Waals surface area contributed by atoms with Crippen molar-refractivity contribution in [2.75, 3.05) is 45.9 Å². The summed E-state index contributed by atoms with van der Waals surface area (Å²) in [5, 5.41) is 10.2. The van der Waals surface area contributed by atoms with Gasteiger partial charge in [0.2, 0.25) is 0 Å². The fraction of sp³-hybridized carbons (Fsp3) is 0.682. The normalized spacial score (nSPS) is 21.3. The van der Waals surface area contributed by atoms with Crippen LogP contribution in [0.4, 0.5) is 4.39 Å². The summed E-state index contributed by atoms with van der Waals surface area (Å²) in [5.74, 6) is 0.124. The van der Waals surface area contributed by atoms with E-state index in [1.54, 1.807) is 0 Å². The zero-order valence-electron chi connectivity index (χ0n) is 17.4.